The van der Waals surface area contributed by atoms with Gasteiger partial charge in [0, 0.05) is 17.8 Å². The minimum Gasteiger partial charge on any atom is -0.384 e. The van der Waals surface area contributed by atoms with E-state index in [0.717, 1.165) is 0 Å². The highest BCUT2D eigenvalue weighted by molar-refractivity contribution is 6.02. The van der Waals surface area contributed by atoms with Gasteiger partial charge in [0.2, 0.25) is 0 Å². The molecule has 0 saturated carbocycles. The molecule has 2 aromatic rings. The molecule has 2 heterocycles. The molecule has 19 heavy (non-hydrogen) atoms. The Balaban J connectivity index is 2.13. The van der Waals surface area contributed by atoms with Gasteiger partial charge in [-0.2, -0.15) is 0 Å². The standard InChI is InChI=1S/C13H11N3O3/c1-9-7-11(16-19-9)13(18)15-12-8-10(3-2-6-17)4-5-14-12/h4-5,7-8,17H,6H2,1H3,(H,14,15,18). The van der Waals surface area contributed by atoms with Gasteiger partial charge in [0.25, 0.3) is 5.91 Å². The molecule has 0 radical (unpaired) electrons. The molecule has 0 aliphatic carbocycles. The minimum atomic E-state index is -0.406. The van der Waals surface area contributed by atoms with E-state index in [-0.39, 0.29) is 12.3 Å². The molecule has 2 rings (SSSR count). The van der Waals surface area contributed by atoms with Crippen molar-refractivity contribution in [1.82, 2.24) is 10.1 Å². The van der Waals surface area contributed by atoms with Gasteiger partial charge in [0.1, 0.15) is 18.2 Å². The average molecular weight is 257 g/mol. The Morgan fingerprint density at radius 2 is 2.37 bits per heavy atom. The highest BCUT2D eigenvalue weighted by Gasteiger charge is 2.11. The Morgan fingerprint density at radius 3 is 3.05 bits per heavy atom. The molecule has 0 unspecified atom stereocenters. The zero-order chi connectivity index (χ0) is 13.7. The number of anilines is 1. The SMILES string of the molecule is Cc1cc(C(=O)Nc2cc(C#CCO)ccn2)no1. The van der Waals surface area contributed by atoms with Crippen molar-refractivity contribution in [3.05, 3.63) is 41.4 Å². The maximum Gasteiger partial charge on any atom is 0.279 e. The van der Waals surface area contributed by atoms with E-state index < -0.39 is 5.91 Å². The fourth-order valence-corrected chi connectivity index (χ4v) is 1.37. The number of amides is 1. The molecule has 0 aliphatic heterocycles. The lowest BCUT2D eigenvalue weighted by atomic mass is 10.2. The zero-order valence-electron chi connectivity index (χ0n) is 10.2. The first-order valence-corrected chi connectivity index (χ1v) is 5.49. The summed E-state index contributed by atoms with van der Waals surface area (Å²) < 4.78 is 4.82. The third-order valence-corrected chi connectivity index (χ3v) is 2.17. The summed E-state index contributed by atoms with van der Waals surface area (Å²) in [6, 6.07) is 4.82. The predicted molar refractivity (Wildman–Crippen MR) is 67.4 cm³/mol. The third-order valence-electron chi connectivity index (χ3n) is 2.17. The molecule has 0 spiro atoms. The Hall–Kier alpha value is -2.65. The van der Waals surface area contributed by atoms with Gasteiger partial charge in [-0.15, -0.1) is 0 Å². The van der Waals surface area contributed by atoms with Crippen molar-refractivity contribution >= 4 is 11.7 Å². The number of nitrogens with one attached hydrogen (secondary N) is 1. The summed E-state index contributed by atoms with van der Waals surface area (Å²) in [5.41, 5.74) is 0.835. The highest BCUT2D eigenvalue weighted by Crippen LogP contribution is 2.08. The summed E-state index contributed by atoms with van der Waals surface area (Å²) in [6.45, 7) is 1.48. The van der Waals surface area contributed by atoms with Crippen molar-refractivity contribution in [2.45, 2.75) is 6.92 Å². The quantitative estimate of drug-likeness (QED) is 0.783. The molecule has 0 atom stereocenters. The maximum atomic E-state index is 11.8. The van der Waals surface area contributed by atoms with Crippen molar-refractivity contribution in [2.24, 2.45) is 0 Å². The van der Waals surface area contributed by atoms with Crippen LogP contribution in [0.3, 0.4) is 0 Å². The minimum absolute atomic E-state index is 0.186. The number of carbonyl (C=O) groups excluding carboxylic acids is 1. The summed E-state index contributed by atoms with van der Waals surface area (Å²) in [5, 5.41) is 14.8. The van der Waals surface area contributed by atoms with Gasteiger partial charge in [-0.05, 0) is 19.1 Å². The number of aliphatic hydroxyl groups is 1. The molecular formula is C13H11N3O3. The van der Waals surface area contributed by atoms with Crippen LogP contribution in [0.5, 0.6) is 0 Å². The first-order valence-electron chi connectivity index (χ1n) is 5.49. The Bertz CT molecular complexity index is 652. The molecule has 0 fully saturated rings. The van der Waals surface area contributed by atoms with E-state index in [0.29, 0.717) is 17.1 Å². The molecule has 6 nitrogen and oxygen atoms in total. The molecule has 2 aromatic heterocycles. The molecule has 6 heteroatoms. The van der Waals surface area contributed by atoms with Crippen LogP contribution in [0.4, 0.5) is 5.82 Å². The molecule has 96 valence electrons. The number of hydrogen-bond donors (Lipinski definition) is 2. The van der Waals surface area contributed by atoms with Crippen molar-refractivity contribution in [1.29, 1.82) is 0 Å². The van der Waals surface area contributed by atoms with Crippen LogP contribution in [0.15, 0.2) is 28.9 Å². The second-order valence-electron chi connectivity index (χ2n) is 3.67. The number of rotatable bonds is 2. The van der Waals surface area contributed by atoms with E-state index in [1.165, 1.54) is 12.3 Å². The lowest BCUT2D eigenvalue weighted by Gasteiger charge is -2.01. The van der Waals surface area contributed by atoms with Gasteiger partial charge < -0.3 is 14.9 Å². The van der Waals surface area contributed by atoms with Crippen molar-refractivity contribution < 1.29 is 14.4 Å². The zero-order valence-corrected chi connectivity index (χ0v) is 10.2. The first kappa shape index (κ1) is 12.8. The Labute approximate surface area is 109 Å². The maximum absolute atomic E-state index is 11.8. The van der Waals surface area contributed by atoms with E-state index in [1.54, 1.807) is 19.1 Å². The van der Waals surface area contributed by atoms with Crippen LogP contribution in [0.25, 0.3) is 0 Å². The number of carbonyl (C=O) groups is 1. The second-order valence-corrected chi connectivity index (χ2v) is 3.67. The van der Waals surface area contributed by atoms with Crippen molar-refractivity contribution in [3.63, 3.8) is 0 Å². The van der Waals surface area contributed by atoms with Crippen LogP contribution in [0, 0.1) is 18.8 Å². The van der Waals surface area contributed by atoms with Crippen LogP contribution < -0.4 is 5.32 Å². The molecule has 0 aliphatic rings. The molecular weight excluding hydrogens is 246 g/mol. The summed E-state index contributed by atoms with van der Waals surface area (Å²) in [7, 11) is 0. The smallest absolute Gasteiger partial charge is 0.279 e. The van der Waals surface area contributed by atoms with E-state index >= 15 is 0 Å². The van der Waals surface area contributed by atoms with Gasteiger partial charge >= 0.3 is 0 Å². The van der Waals surface area contributed by atoms with Gasteiger partial charge in [-0.25, -0.2) is 4.98 Å². The predicted octanol–water partition coefficient (Wildman–Crippen LogP) is 0.974. The van der Waals surface area contributed by atoms with Crippen LogP contribution in [-0.2, 0) is 0 Å². The molecule has 0 saturated heterocycles. The number of hydrogen-bond acceptors (Lipinski definition) is 5. The number of aryl methyl sites for hydroxylation is 1. The number of nitrogens with zero attached hydrogens (tertiary/aromatic N) is 2. The highest BCUT2D eigenvalue weighted by atomic mass is 16.5. The summed E-state index contributed by atoms with van der Waals surface area (Å²) in [5.74, 6) is 5.75. The summed E-state index contributed by atoms with van der Waals surface area (Å²) >= 11 is 0. The Morgan fingerprint density at radius 1 is 1.53 bits per heavy atom. The molecule has 1 amide bonds. The summed E-state index contributed by atoms with van der Waals surface area (Å²) in [4.78, 5) is 15.8. The van der Waals surface area contributed by atoms with Crippen LogP contribution >= 0.6 is 0 Å². The van der Waals surface area contributed by atoms with Gasteiger partial charge in [0.15, 0.2) is 5.69 Å². The lowest BCUT2D eigenvalue weighted by molar-refractivity contribution is 0.101. The van der Waals surface area contributed by atoms with E-state index in [9.17, 15) is 4.79 Å². The van der Waals surface area contributed by atoms with Crippen molar-refractivity contribution in [2.75, 3.05) is 11.9 Å². The fourth-order valence-electron chi connectivity index (χ4n) is 1.37. The third kappa shape index (κ3) is 3.40. The number of aliphatic hydroxyl groups excluding tert-OH is 1. The van der Waals surface area contributed by atoms with Gasteiger partial charge in [-0.3, -0.25) is 4.79 Å². The average Bonchev–Trinajstić information content (AvgIpc) is 2.83. The van der Waals surface area contributed by atoms with Crippen LogP contribution in [0.1, 0.15) is 21.8 Å². The largest absolute Gasteiger partial charge is 0.384 e. The molecule has 2 N–H and O–H groups in total. The van der Waals surface area contributed by atoms with E-state index in [4.69, 9.17) is 9.63 Å². The number of aromatic nitrogens is 2. The van der Waals surface area contributed by atoms with Gasteiger partial charge in [0.05, 0.1) is 0 Å². The lowest BCUT2D eigenvalue weighted by Crippen LogP contribution is -2.13. The van der Waals surface area contributed by atoms with Gasteiger partial charge in [-0.1, -0.05) is 17.0 Å². The first-order chi connectivity index (χ1) is 9.19. The molecule has 0 bridgehead atoms. The second kappa shape index (κ2) is 5.80. The van der Waals surface area contributed by atoms with Crippen LogP contribution in [-0.4, -0.2) is 27.8 Å². The Kier molecular flexibility index (Phi) is 3.90. The van der Waals surface area contributed by atoms with Crippen LogP contribution in [0.2, 0.25) is 0 Å². The van der Waals surface area contributed by atoms with Crippen molar-refractivity contribution in [3.8, 4) is 11.8 Å². The normalized spacial score (nSPS) is 9.58. The monoisotopic (exact) mass is 257 g/mol. The fraction of sp³-hybridized carbons (Fsp3) is 0.154. The molecule has 0 aromatic carbocycles. The number of pyridine rings is 1. The van der Waals surface area contributed by atoms with E-state index in [1.807, 2.05) is 0 Å². The topological polar surface area (TPSA) is 88.2 Å². The summed E-state index contributed by atoms with van der Waals surface area (Å²) in [6.07, 6.45) is 1.52. The van der Waals surface area contributed by atoms with E-state index in [2.05, 4.69) is 27.3 Å².